The van der Waals surface area contributed by atoms with E-state index >= 15 is 0 Å². The second-order valence-electron chi connectivity index (χ2n) is 9.80. The van der Waals surface area contributed by atoms with Gasteiger partial charge in [-0.1, -0.05) is 87.4 Å². The van der Waals surface area contributed by atoms with Gasteiger partial charge in [-0.25, -0.2) is 4.79 Å². The Morgan fingerprint density at radius 3 is 1.73 bits per heavy atom. The number of halogens is 2. The highest BCUT2D eigenvalue weighted by atomic mass is 35.5. The minimum Gasteiger partial charge on any atom is -0.481 e. The molecule has 0 unspecified atom stereocenters. The molecule has 232 valence electrons. The molecule has 0 heterocycles. The third-order valence-corrected chi connectivity index (χ3v) is 7.64. The second-order valence-corrected chi connectivity index (χ2v) is 12.0. The highest BCUT2D eigenvalue weighted by molar-refractivity contribution is 7.86. The molecular weight excluding hydrogens is 601 g/mol. The Hall–Kier alpha value is -2.41. The van der Waals surface area contributed by atoms with Crippen LogP contribution in [0.15, 0.2) is 17.0 Å². The fourth-order valence-electron chi connectivity index (χ4n) is 4.11. The van der Waals surface area contributed by atoms with Crippen LogP contribution < -0.4 is 10.1 Å². The van der Waals surface area contributed by atoms with Crippen molar-refractivity contribution in [2.45, 2.75) is 114 Å². The molecule has 1 aromatic carbocycles. The highest BCUT2D eigenvalue weighted by Crippen LogP contribution is 2.35. The number of carboxylic acids is 2. The number of rotatable bonds is 22. The molecule has 1 rings (SSSR count). The van der Waals surface area contributed by atoms with Crippen LogP contribution in [-0.4, -0.2) is 53.0 Å². The average molecular weight is 641 g/mol. The monoisotopic (exact) mass is 639 g/mol. The number of aliphatic carboxylic acids is 2. The lowest BCUT2D eigenvalue weighted by molar-refractivity contribution is -0.142. The van der Waals surface area contributed by atoms with Crippen molar-refractivity contribution in [3.05, 3.63) is 22.2 Å². The number of carboxylic acid groups (broad SMARTS) is 2. The number of nitrogens with one attached hydrogen (secondary N) is 1. The first-order valence-corrected chi connectivity index (χ1v) is 15.9. The molecule has 1 amide bonds. The normalized spacial score (nSPS) is 12.1. The Balaban J connectivity index is 2.27. The molecule has 0 saturated heterocycles. The zero-order chi connectivity index (χ0) is 30.8. The Morgan fingerprint density at radius 1 is 0.780 bits per heavy atom. The first-order valence-electron chi connectivity index (χ1n) is 13.7. The fraction of sp³-hybridized carbons (Fsp3) is 0.630. The van der Waals surface area contributed by atoms with Crippen molar-refractivity contribution in [2.24, 2.45) is 0 Å². The molecule has 0 aliphatic heterocycles. The molecular formula is C27H39Cl2NO10S. The molecule has 11 nitrogen and oxygen atoms in total. The van der Waals surface area contributed by atoms with Gasteiger partial charge < -0.3 is 20.3 Å². The van der Waals surface area contributed by atoms with E-state index in [9.17, 15) is 37.3 Å². The number of hydrogen-bond acceptors (Lipinski definition) is 7. The van der Waals surface area contributed by atoms with Gasteiger partial charge in [0.2, 0.25) is 5.91 Å². The molecule has 14 heteroatoms. The van der Waals surface area contributed by atoms with Crippen LogP contribution in [0.25, 0.3) is 0 Å². The topological polar surface area (TPSA) is 184 Å². The summed E-state index contributed by atoms with van der Waals surface area (Å²) in [5.41, 5.74) is 0. The SMILES string of the molecule is O=C(O)CCCCCCCCCCCCCCC(=O)N[C@@H](CCC(=O)Oc1c(Cl)cc(Cl)cc1S(=O)(=O)O)C(=O)O. The molecule has 1 atom stereocenters. The van der Waals surface area contributed by atoms with Crippen molar-refractivity contribution in [1.82, 2.24) is 5.32 Å². The van der Waals surface area contributed by atoms with Crippen molar-refractivity contribution >= 4 is 57.1 Å². The number of benzene rings is 1. The summed E-state index contributed by atoms with van der Waals surface area (Å²) < 4.78 is 37.5. The third kappa shape index (κ3) is 16.6. The summed E-state index contributed by atoms with van der Waals surface area (Å²) in [7, 11) is -4.82. The highest BCUT2D eigenvalue weighted by Gasteiger charge is 2.25. The van der Waals surface area contributed by atoms with Gasteiger partial charge in [0.05, 0.1) is 5.02 Å². The van der Waals surface area contributed by atoms with Gasteiger partial charge in [-0.3, -0.25) is 18.9 Å². The molecule has 41 heavy (non-hydrogen) atoms. The molecule has 0 aliphatic rings. The summed E-state index contributed by atoms with van der Waals surface area (Å²) >= 11 is 11.6. The summed E-state index contributed by atoms with van der Waals surface area (Å²) in [6, 6.07) is 0.607. The summed E-state index contributed by atoms with van der Waals surface area (Å²) in [6.45, 7) is 0. The van der Waals surface area contributed by atoms with E-state index in [1.54, 1.807) is 0 Å². The van der Waals surface area contributed by atoms with E-state index in [0.717, 1.165) is 82.8 Å². The van der Waals surface area contributed by atoms with Crippen molar-refractivity contribution in [2.75, 3.05) is 0 Å². The number of unbranched alkanes of at least 4 members (excludes halogenated alkanes) is 11. The largest absolute Gasteiger partial charge is 0.481 e. The van der Waals surface area contributed by atoms with Crippen LogP contribution in [0.5, 0.6) is 5.75 Å². The molecule has 0 bridgehead atoms. The lowest BCUT2D eigenvalue weighted by Crippen LogP contribution is -2.41. The number of carbonyl (C=O) groups is 4. The molecule has 0 aromatic heterocycles. The summed E-state index contributed by atoms with van der Waals surface area (Å²) in [4.78, 5) is 45.7. The minimum atomic E-state index is -4.82. The zero-order valence-electron chi connectivity index (χ0n) is 22.9. The lowest BCUT2D eigenvalue weighted by atomic mass is 10.0. The number of hydrogen-bond donors (Lipinski definition) is 4. The van der Waals surface area contributed by atoms with Gasteiger partial charge in [-0.2, -0.15) is 8.42 Å². The van der Waals surface area contributed by atoms with Crippen molar-refractivity contribution in [1.29, 1.82) is 0 Å². The van der Waals surface area contributed by atoms with Crippen LogP contribution in [0, 0.1) is 0 Å². The number of carbonyl (C=O) groups excluding carboxylic acids is 2. The Labute approximate surface area is 250 Å². The van der Waals surface area contributed by atoms with E-state index in [2.05, 4.69) is 5.32 Å². The van der Waals surface area contributed by atoms with Gasteiger partial charge in [0.25, 0.3) is 10.1 Å². The van der Waals surface area contributed by atoms with Gasteiger partial charge in [-0.15, -0.1) is 0 Å². The second kappa shape index (κ2) is 19.7. The maximum Gasteiger partial charge on any atom is 0.326 e. The summed E-state index contributed by atoms with van der Waals surface area (Å²) in [5.74, 6) is -4.19. The first-order chi connectivity index (χ1) is 19.3. The van der Waals surface area contributed by atoms with Crippen molar-refractivity contribution in [3.8, 4) is 5.75 Å². The van der Waals surface area contributed by atoms with E-state index in [-0.39, 0.29) is 29.3 Å². The average Bonchev–Trinajstić information content (AvgIpc) is 2.87. The third-order valence-electron chi connectivity index (χ3n) is 6.28. The summed E-state index contributed by atoms with van der Waals surface area (Å²) in [6.07, 6.45) is 11.5. The number of amides is 1. The smallest absolute Gasteiger partial charge is 0.326 e. The number of ether oxygens (including phenoxy) is 1. The van der Waals surface area contributed by atoms with Gasteiger partial charge >= 0.3 is 17.9 Å². The van der Waals surface area contributed by atoms with Crippen molar-refractivity contribution in [3.63, 3.8) is 0 Å². The summed E-state index contributed by atoms with van der Waals surface area (Å²) in [5, 5.41) is 19.9. The van der Waals surface area contributed by atoms with Gasteiger partial charge in [0, 0.05) is 24.3 Å². The molecule has 0 radical (unpaired) electrons. The molecule has 4 N–H and O–H groups in total. The molecule has 0 aliphatic carbocycles. The van der Waals surface area contributed by atoms with Crippen LogP contribution in [0.3, 0.4) is 0 Å². The lowest BCUT2D eigenvalue weighted by Gasteiger charge is -2.15. The van der Waals surface area contributed by atoms with Crippen LogP contribution in [0.1, 0.15) is 103 Å². The predicted molar refractivity (Wildman–Crippen MR) is 153 cm³/mol. The zero-order valence-corrected chi connectivity index (χ0v) is 25.2. The standard InChI is InChI=1S/C27H39Cl2NO10S/c28-19-17-20(29)26(22(18-19)41(37,38)39)40-25(34)16-15-21(27(35)36)30-23(31)13-11-9-7-5-3-1-2-4-6-8-10-12-14-24(32)33/h17-18,21H,1-16H2,(H,30,31)(H,32,33)(H,35,36)(H,37,38,39)/t21-/m0/s1. The first kappa shape index (κ1) is 36.6. The molecule has 0 spiro atoms. The van der Waals surface area contributed by atoms with E-state index in [1.807, 2.05) is 0 Å². The van der Waals surface area contributed by atoms with Gasteiger partial charge in [0.1, 0.15) is 10.9 Å². The quantitative estimate of drug-likeness (QED) is 0.0504. The van der Waals surface area contributed by atoms with E-state index < -0.39 is 57.0 Å². The van der Waals surface area contributed by atoms with E-state index in [0.29, 0.717) is 6.42 Å². The number of esters is 1. The minimum absolute atomic E-state index is 0.120. The van der Waals surface area contributed by atoms with Crippen molar-refractivity contribution < 1.29 is 47.1 Å². The van der Waals surface area contributed by atoms with Gasteiger partial charge in [-0.05, 0) is 31.4 Å². The maximum absolute atomic E-state index is 12.3. The Morgan fingerprint density at radius 2 is 1.27 bits per heavy atom. The Kier molecular flexibility index (Phi) is 17.6. The predicted octanol–water partition coefficient (Wildman–Crippen LogP) is 6.04. The fourth-order valence-corrected chi connectivity index (χ4v) is 5.42. The molecule has 0 saturated carbocycles. The molecule has 1 aromatic rings. The van der Waals surface area contributed by atoms with Gasteiger partial charge in [0.15, 0.2) is 5.75 Å². The van der Waals surface area contributed by atoms with E-state index in [1.165, 1.54) is 0 Å². The van der Waals surface area contributed by atoms with Crippen LogP contribution in [0.2, 0.25) is 10.0 Å². The molecule has 0 fully saturated rings. The van der Waals surface area contributed by atoms with Crippen LogP contribution in [-0.2, 0) is 29.3 Å². The maximum atomic E-state index is 12.3. The van der Waals surface area contributed by atoms with E-state index in [4.69, 9.17) is 33.0 Å². The van der Waals surface area contributed by atoms with Crippen LogP contribution in [0.4, 0.5) is 0 Å². The van der Waals surface area contributed by atoms with Crippen LogP contribution >= 0.6 is 23.2 Å². The Bertz CT molecular complexity index is 1130.